The predicted molar refractivity (Wildman–Crippen MR) is 295 cm³/mol. The lowest BCUT2D eigenvalue weighted by atomic mass is 10.0. The molecule has 0 aromatic carbocycles. The summed E-state index contributed by atoms with van der Waals surface area (Å²) in [6, 6.07) is -0.754. The van der Waals surface area contributed by atoms with E-state index in [9.17, 15) is 19.4 Å². The summed E-state index contributed by atoms with van der Waals surface area (Å²) in [6.07, 6.45) is 65.8. The number of allylic oxidation sites excluding steroid dienone is 6. The van der Waals surface area contributed by atoms with Crippen LogP contribution in [-0.4, -0.2) is 73.4 Å². The van der Waals surface area contributed by atoms with Crippen LogP contribution in [0.3, 0.4) is 0 Å². The highest BCUT2D eigenvalue weighted by Gasteiger charge is 2.28. The maximum absolute atomic E-state index is 12.8. The number of likely N-dealkylation sites (N-methyl/N-ethyl adjacent to an activating group) is 1. The Bertz CT molecular complexity index is 1200. The lowest BCUT2D eigenvalue weighted by Crippen LogP contribution is -2.46. The topological polar surface area (TPSA) is 105 Å². The molecule has 0 saturated carbocycles. The van der Waals surface area contributed by atoms with E-state index >= 15 is 0 Å². The molecule has 402 valence electrons. The molecule has 0 rings (SSSR count). The number of carbonyl (C=O) groups excluding carboxylic acids is 1. The molecule has 0 aliphatic carbocycles. The lowest BCUT2D eigenvalue weighted by molar-refractivity contribution is -0.870. The first-order valence-electron chi connectivity index (χ1n) is 29.4. The van der Waals surface area contributed by atoms with E-state index < -0.39 is 20.0 Å². The molecule has 1 amide bonds. The van der Waals surface area contributed by atoms with Crippen LogP contribution in [0.25, 0.3) is 0 Å². The second kappa shape index (κ2) is 50.7. The minimum Gasteiger partial charge on any atom is -0.391 e. The van der Waals surface area contributed by atoms with Crippen molar-refractivity contribution in [3.05, 3.63) is 36.5 Å². The van der Waals surface area contributed by atoms with Gasteiger partial charge >= 0.3 is 7.82 Å². The van der Waals surface area contributed by atoms with Crippen LogP contribution in [0.2, 0.25) is 0 Å². The molecule has 3 unspecified atom stereocenters. The number of carbonyl (C=O) groups is 1. The van der Waals surface area contributed by atoms with Crippen molar-refractivity contribution in [2.24, 2.45) is 0 Å². The maximum atomic E-state index is 12.8. The van der Waals surface area contributed by atoms with Crippen molar-refractivity contribution in [3.63, 3.8) is 0 Å². The summed E-state index contributed by atoms with van der Waals surface area (Å²) in [5, 5.41) is 13.8. The van der Waals surface area contributed by atoms with Gasteiger partial charge in [0.15, 0.2) is 0 Å². The van der Waals surface area contributed by atoms with Gasteiger partial charge in [-0.25, -0.2) is 4.57 Å². The molecule has 0 aliphatic rings. The number of amides is 1. The Morgan fingerprint density at radius 1 is 0.500 bits per heavy atom. The number of rotatable bonds is 54. The third kappa shape index (κ3) is 52.5. The number of nitrogens with one attached hydrogen (secondary N) is 1. The zero-order valence-corrected chi connectivity index (χ0v) is 46.8. The van der Waals surface area contributed by atoms with E-state index in [4.69, 9.17) is 9.05 Å². The quantitative estimate of drug-likeness (QED) is 0.0243. The van der Waals surface area contributed by atoms with Crippen LogP contribution >= 0.6 is 7.82 Å². The Balaban J connectivity index is 3.64. The highest BCUT2D eigenvalue weighted by Crippen LogP contribution is 2.43. The second-order valence-corrected chi connectivity index (χ2v) is 22.8. The number of phosphoric ester groups is 1. The fraction of sp³-hybridized carbons (Fsp3) is 0.881. The molecule has 0 aromatic heterocycles. The Labute approximate surface area is 423 Å². The van der Waals surface area contributed by atoms with E-state index in [-0.39, 0.29) is 19.1 Å². The van der Waals surface area contributed by atoms with Crippen LogP contribution in [0.1, 0.15) is 284 Å². The largest absolute Gasteiger partial charge is 0.472 e. The summed E-state index contributed by atoms with van der Waals surface area (Å²) < 4.78 is 23.5. The summed E-state index contributed by atoms with van der Waals surface area (Å²) in [7, 11) is 1.62. The first-order valence-corrected chi connectivity index (χ1v) is 30.8. The van der Waals surface area contributed by atoms with Crippen LogP contribution in [0.15, 0.2) is 36.5 Å². The van der Waals surface area contributed by atoms with E-state index in [1.54, 1.807) is 0 Å². The van der Waals surface area contributed by atoms with E-state index in [0.29, 0.717) is 23.9 Å². The van der Waals surface area contributed by atoms with Crippen molar-refractivity contribution in [2.75, 3.05) is 40.9 Å². The number of aliphatic hydroxyl groups is 1. The van der Waals surface area contributed by atoms with Gasteiger partial charge < -0.3 is 19.8 Å². The summed E-state index contributed by atoms with van der Waals surface area (Å²) >= 11 is 0. The molecule has 9 heteroatoms. The second-order valence-electron chi connectivity index (χ2n) is 21.4. The fourth-order valence-corrected chi connectivity index (χ4v) is 9.50. The summed E-state index contributed by atoms with van der Waals surface area (Å²) in [6.45, 7) is 4.80. The van der Waals surface area contributed by atoms with Gasteiger partial charge in [-0.15, -0.1) is 0 Å². The molecule has 0 bridgehead atoms. The van der Waals surface area contributed by atoms with Gasteiger partial charge in [0.05, 0.1) is 39.9 Å². The van der Waals surface area contributed by atoms with Crippen molar-refractivity contribution >= 4 is 13.7 Å². The number of quaternary nitrogens is 1. The average molecular weight is 981 g/mol. The molecule has 0 radical (unpaired) electrons. The Kier molecular flexibility index (Phi) is 49.7. The molecule has 0 aliphatic heterocycles. The Hall–Kier alpha value is -1.28. The molecule has 3 atom stereocenters. The predicted octanol–water partition coefficient (Wildman–Crippen LogP) is 17.8. The molecule has 0 spiro atoms. The van der Waals surface area contributed by atoms with E-state index in [2.05, 4.69) is 55.6 Å². The molecule has 0 saturated heterocycles. The maximum Gasteiger partial charge on any atom is 0.472 e. The zero-order valence-electron chi connectivity index (χ0n) is 45.9. The van der Waals surface area contributed by atoms with Crippen molar-refractivity contribution in [1.82, 2.24) is 5.32 Å². The Morgan fingerprint density at radius 2 is 0.838 bits per heavy atom. The first kappa shape index (κ1) is 66.7. The summed E-state index contributed by atoms with van der Waals surface area (Å²) in [4.78, 5) is 23.0. The molecule has 0 fully saturated rings. The SMILES string of the molecule is CCCCCCC/C=C\C/C=C\C/C=C\CCCCCCCCCCCCCCCCCCCCCCCCCCCCC(=O)NC(COP(=O)(O)OCC[N+](C)(C)C)C(O)CCCCCCC. The minimum absolute atomic E-state index is 0.0756. The molecule has 8 nitrogen and oxygen atoms in total. The number of hydrogen-bond acceptors (Lipinski definition) is 5. The van der Waals surface area contributed by atoms with Crippen molar-refractivity contribution in [3.8, 4) is 0 Å². The average Bonchev–Trinajstić information content (AvgIpc) is 3.30. The molecule has 68 heavy (non-hydrogen) atoms. The van der Waals surface area contributed by atoms with Gasteiger partial charge in [0.25, 0.3) is 0 Å². The number of aliphatic hydroxyl groups excluding tert-OH is 1. The molecular weight excluding hydrogens is 864 g/mol. The lowest BCUT2D eigenvalue weighted by Gasteiger charge is -2.26. The van der Waals surface area contributed by atoms with Gasteiger partial charge in [-0.3, -0.25) is 13.8 Å². The van der Waals surface area contributed by atoms with Gasteiger partial charge in [0.1, 0.15) is 13.2 Å². The van der Waals surface area contributed by atoms with Gasteiger partial charge in [-0.1, -0.05) is 262 Å². The van der Waals surface area contributed by atoms with Gasteiger partial charge in [0, 0.05) is 6.42 Å². The normalized spacial score (nSPS) is 14.2. The van der Waals surface area contributed by atoms with Crippen LogP contribution in [0.4, 0.5) is 0 Å². The molecule has 3 N–H and O–H groups in total. The Morgan fingerprint density at radius 3 is 1.22 bits per heavy atom. The summed E-state index contributed by atoms with van der Waals surface area (Å²) in [5.41, 5.74) is 0. The number of nitrogens with zero attached hydrogens (tertiary/aromatic N) is 1. The van der Waals surface area contributed by atoms with Crippen LogP contribution in [-0.2, 0) is 18.4 Å². The minimum atomic E-state index is -4.30. The van der Waals surface area contributed by atoms with Crippen LogP contribution in [0, 0.1) is 0 Å². The van der Waals surface area contributed by atoms with Crippen molar-refractivity contribution in [1.29, 1.82) is 0 Å². The third-order valence-electron chi connectivity index (χ3n) is 13.4. The number of phosphoric acid groups is 1. The van der Waals surface area contributed by atoms with Crippen molar-refractivity contribution < 1.29 is 32.9 Å². The molecule has 0 aromatic rings. The zero-order chi connectivity index (χ0) is 49.9. The van der Waals surface area contributed by atoms with Gasteiger partial charge in [-0.05, 0) is 51.4 Å². The van der Waals surface area contributed by atoms with Crippen LogP contribution in [0.5, 0.6) is 0 Å². The van der Waals surface area contributed by atoms with E-state index in [0.717, 1.165) is 64.2 Å². The standard InChI is InChI=1S/C59H115N2O6P/c1-6-8-10-12-13-14-15-16-17-18-19-20-21-22-23-24-25-26-27-28-29-30-31-32-33-34-35-36-37-38-39-40-41-42-43-44-45-46-47-49-51-53-59(63)60-57(58(62)52-50-48-11-9-7-2)56-67-68(64,65)66-55-54-61(3,4)5/h15-16,18-19,21-22,57-58,62H,6-14,17,20,23-56H2,1-5H3,(H-,60,63,64,65)/p+1/b16-15-,19-18-,22-21-. The third-order valence-corrected chi connectivity index (χ3v) is 14.4. The number of unbranched alkanes of at least 4 members (excludes halogenated alkanes) is 35. The van der Waals surface area contributed by atoms with Crippen molar-refractivity contribution in [2.45, 2.75) is 296 Å². The van der Waals surface area contributed by atoms with Crippen LogP contribution < -0.4 is 5.32 Å². The molecule has 0 heterocycles. The monoisotopic (exact) mass is 980 g/mol. The highest BCUT2D eigenvalue weighted by atomic mass is 31.2. The highest BCUT2D eigenvalue weighted by molar-refractivity contribution is 7.47. The fourth-order valence-electron chi connectivity index (χ4n) is 8.76. The first-order chi connectivity index (χ1) is 33.0. The smallest absolute Gasteiger partial charge is 0.391 e. The number of hydrogen-bond donors (Lipinski definition) is 3. The van der Waals surface area contributed by atoms with E-state index in [1.807, 2.05) is 21.1 Å². The van der Waals surface area contributed by atoms with Gasteiger partial charge in [-0.2, -0.15) is 0 Å². The van der Waals surface area contributed by atoms with Gasteiger partial charge in [0.2, 0.25) is 5.91 Å². The van der Waals surface area contributed by atoms with E-state index in [1.165, 1.54) is 193 Å². The molecular formula is C59H116N2O6P+. The summed E-state index contributed by atoms with van der Waals surface area (Å²) in [5.74, 6) is -0.147.